The van der Waals surface area contributed by atoms with Gasteiger partial charge >= 0.3 is 0 Å². The lowest BCUT2D eigenvalue weighted by atomic mass is 10.2. The topological polar surface area (TPSA) is 56.8 Å². The number of ether oxygens (including phenoxy) is 3. The molecule has 1 saturated heterocycles. The van der Waals surface area contributed by atoms with Gasteiger partial charge in [-0.1, -0.05) is 0 Å². The van der Waals surface area contributed by atoms with E-state index in [0.29, 0.717) is 12.2 Å². The minimum atomic E-state index is -0.161. The lowest BCUT2D eigenvalue weighted by molar-refractivity contribution is 0.0679. The van der Waals surface area contributed by atoms with Gasteiger partial charge < -0.3 is 19.5 Å². The highest BCUT2D eigenvalue weighted by molar-refractivity contribution is 6.04. The number of anilines is 1. The Labute approximate surface area is 141 Å². The molecule has 5 nitrogen and oxygen atoms in total. The Bertz CT molecular complexity index is 661. The van der Waals surface area contributed by atoms with Gasteiger partial charge in [0, 0.05) is 17.9 Å². The number of hydrogen-bond donors (Lipinski definition) is 1. The fourth-order valence-electron chi connectivity index (χ4n) is 2.55. The fraction of sp³-hybridized carbons (Fsp3) is 0.316. The highest BCUT2D eigenvalue weighted by Crippen LogP contribution is 2.18. The van der Waals surface area contributed by atoms with Crippen LogP contribution in [0.5, 0.6) is 11.5 Å². The van der Waals surface area contributed by atoms with E-state index < -0.39 is 0 Å². The minimum Gasteiger partial charge on any atom is -0.497 e. The molecule has 126 valence electrons. The molecule has 0 unspecified atom stereocenters. The molecule has 1 amide bonds. The molecule has 5 heteroatoms. The van der Waals surface area contributed by atoms with E-state index in [2.05, 4.69) is 5.32 Å². The molecular weight excluding hydrogens is 306 g/mol. The van der Waals surface area contributed by atoms with Crippen LogP contribution in [0.4, 0.5) is 5.69 Å². The van der Waals surface area contributed by atoms with Gasteiger partial charge in [-0.25, -0.2) is 0 Å². The molecule has 0 aliphatic carbocycles. The molecule has 1 heterocycles. The molecule has 1 atom stereocenters. The van der Waals surface area contributed by atoms with Crippen molar-refractivity contribution in [2.75, 3.05) is 25.6 Å². The summed E-state index contributed by atoms with van der Waals surface area (Å²) in [6, 6.07) is 14.3. The van der Waals surface area contributed by atoms with Crippen LogP contribution in [0.3, 0.4) is 0 Å². The van der Waals surface area contributed by atoms with Crippen molar-refractivity contribution in [2.45, 2.75) is 18.9 Å². The number of carbonyl (C=O) groups is 1. The van der Waals surface area contributed by atoms with E-state index in [9.17, 15) is 4.79 Å². The molecule has 0 aromatic heterocycles. The summed E-state index contributed by atoms with van der Waals surface area (Å²) in [4.78, 5) is 12.2. The summed E-state index contributed by atoms with van der Waals surface area (Å²) in [5.41, 5.74) is 1.30. The molecule has 0 radical (unpaired) electrons. The Morgan fingerprint density at radius 2 is 1.83 bits per heavy atom. The Morgan fingerprint density at radius 3 is 2.46 bits per heavy atom. The van der Waals surface area contributed by atoms with Gasteiger partial charge in [0.25, 0.3) is 5.91 Å². The summed E-state index contributed by atoms with van der Waals surface area (Å²) in [7, 11) is 1.61. The molecule has 2 aromatic rings. The summed E-state index contributed by atoms with van der Waals surface area (Å²) in [5.74, 6) is 1.33. The molecule has 1 N–H and O–H groups in total. The first-order valence-electron chi connectivity index (χ1n) is 8.04. The van der Waals surface area contributed by atoms with E-state index in [1.807, 2.05) is 0 Å². The molecule has 3 rings (SSSR count). The smallest absolute Gasteiger partial charge is 0.255 e. The second-order valence-corrected chi connectivity index (χ2v) is 5.65. The van der Waals surface area contributed by atoms with Crippen LogP contribution in [-0.2, 0) is 4.74 Å². The van der Waals surface area contributed by atoms with E-state index in [4.69, 9.17) is 14.2 Å². The molecule has 24 heavy (non-hydrogen) atoms. The predicted molar refractivity (Wildman–Crippen MR) is 91.9 cm³/mol. The second-order valence-electron chi connectivity index (χ2n) is 5.65. The van der Waals surface area contributed by atoms with Gasteiger partial charge in [-0.2, -0.15) is 0 Å². The molecular formula is C19H21NO4. The summed E-state index contributed by atoms with van der Waals surface area (Å²) in [6.07, 6.45) is 2.32. The van der Waals surface area contributed by atoms with Crippen molar-refractivity contribution < 1.29 is 19.0 Å². The summed E-state index contributed by atoms with van der Waals surface area (Å²) in [6.45, 7) is 1.37. The molecule has 1 aliphatic rings. The maximum absolute atomic E-state index is 12.2. The summed E-state index contributed by atoms with van der Waals surface area (Å²) >= 11 is 0. The zero-order chi connectivity index (χ0) is 16.8. The molecule has 1 aliphatic heterocycles. The van der Waals surface area contributed by atoms with Gasteiger partial charge in [-0.15, -0.1) is 0 Å². The van der Waals surface area contributed by atoms with Gasteiger partial charge in [-0.3, -0.25) is 4.79 Å². The normalized spacial score (nSPS) is 16.6. The van der Waals surface area contributed by atoms with E-state index in [-0.39, 0.29) is 12.0 Å². The molecule has 0 bridgehead atoms. The number of carbonyl (C=O) groups excluding carboxylic acids is 1. The van der Waals surface area contributed by atoms with Gasteiger partial charge in [0.15, 0.2) is 0 Å². The van der Waals surface area contributed by atoms with Crippen molar-refractivity contribution in [2.24, 2.45) is 0 Å². The first-order valence-corrected chi connectivity index (χ1v) is 8.04. The van der Waals surface area contributed by atoms with Crippen LogP contribution in [0, 0.1) is 0 Å². The van der Waals surface area contributed by atoms with Crippen LogP contribution in [0.1, 0.15) is 23.2 Å². The number of amides is 1. The standard InChI is InChI=1S/C19H21NO4/c1-22-16-10-6-15(7-11-16)20-19(21)14-4-8-17(9-5-14)24-13-18-3-2-12-23-18/h4-11,18H,2-3,12-13H2,1H3,(H,20,21)/t18-/m1/s1. The monoisotopic (exact) mass is 327 g/mol. The average Bonchev–Trinajstić information content (AvgIpc) is 3.14. The Balaban J connectivity index is 1.54. The van der Waals surface area contributed by atoms with Gasteiger partial charge in [0.05, 0.1) is 13.2 Å². The summed E-state index contributed by atoms with van der Waals surface area (Å²) < 4.78 is 16.3. The molecule has 0 saturated carbocycles. The lowest BCUT2D eigenvalue weighted by Gasteiger charge is -2.12. The van der Waals surface area contributed by atoms with E-state index in [1.54, 1.807) is 55.6 Å². The van der Waals surface area contributed by atoms with Crippen LogP contribution < -0.4 is 14.8 Å². The fourth-order valence-corrected chi connectivity index (χ4v) is 2.55. The van der Waals surface area contributed by atoms with Gasteiger partial charge in [0.1, 0.15) is 18.1 Å². The van der Waals surface area contributed by atoms with Crippen LogP contribution >= 0.6 is 0 Å². The third kappa shape index (κ3) is 4.26. The van der Waals surface area contributed by atoms with E-state index >= 15 is 0 Å². The largest absolute Gasteiger partial charge is 0.497 e. The maximum atomic E-state index is 12.2. The van der Waals surface area contributed by atoms with E-state index in [1.165, 1.54) is 0 Å². The van der Waals surface area contributed by atoms with Crippen molar-refractivity contribution in [1.29, 1.82) is 0 Å². The number of methoxy groups -OCH3 is 1. The van der Waals surface area contributed by atoms with Crippen molar-refractivity contribution in [3.05, 3.63) is 54.1 Å². The number of hydrogen-bond acceptors (Lipinski definition) is 4. The quantitative estimate of drug-likeness (QED) is 0.882. The van der Waals surface area contributed by atoms with Crippen molar-refractivity contribution >= 4 is 11.6 Å². The molecule has 1 fully saturated rings. The zero-order valence-electron chi connectivity index (χ0n) is 13.7. The molecule has 0 spiro atoms. The zero-order valence-corrected chi connectivity index (χ0v) is 13.7. The maximum Gasteiger partial charge on any atom is 0.255 e. The molecule has 2 aromatic carbocycles. The third-order valence-electron chi connectivity index (χ3n) is 3.92. The Hall–Kier alpha value is -2.53. The number of nitrogens with one attached hydrogen (secondary N) is 1. The van der Waals surface area contributed by atoms with Gasteiger partial charge in [-0.05, 0) is 61.4 Å². The van der Waals surface area contributed by atoms with Crippen molar-refractivity contribution in [3.63, 3.8) is 0 Å². The number of benzene rings is 2. The van der Waals surface area contributed by atoms with E-state index in [0.717, 1.165) is 36.6 Å². The van der Waals surface area contributed by atoms with Crippen LogP contribution in [0.25, 0.3) is 0 Å². The third-order valence-corrected chi connectivity index (χ3v) is 3.92. The average molecular weight is 327 g/mol. The first kappa shape index (κ1) is 16.3. The SMILES string of the molecule is COc1ccc(NC(=O)c2ccc(OC[C@H]3CCCO3)cc2)cc1. The van der Waals surface area contributed by atoms with Crippen LogP contribution in [-0.4, -0.2) is 32.3 Å². The lowest BCUT2D eigenvalue weighted by Crippen LogP contribution is -2.16. The highest BCUT2D eigenvalue weighted by atomic mass is 16.5. The Kier molecular flexibility index (Phi) is 5.33. The second kappa shape index (κ2) is 7.84. The minimum absolute atomic E-state index is 0.161. The number of rotatable bonds is 6. The van der Waals surface area contributed by atoms with Gasteiger partial charge in [0.2, 0.25) is 0 Å². The van der Waals surface area contributed by atoms with Crippen LogP contribution in [0.15, 0.2) is 48.5 Å². The summed E-state index contributed by atoms with van der Waals surface area (Å²) in [5, 5.41) is 2.85. The predicted octanol–water partition coefficient (Wildman–Crippen LogP) is 3.51. The van der Waals surface area contributed by atoms with Crippen LogP contribution in [0.2, 0.25) is 0 Å². The first-order chi connectivity index (χ1) is 11.7. The van der Waals surface area contributed by atoms with Crippen molar-refractivity contribution in [3.8, 4) is 11.5 Å². The Morgan fingerprint density at radius 1 is 1.12 bits per heavy atom. The van der Waals surface area contributed by atoms with Crippen molar-refractivity contribution in [1.82, 2.24) is 0 Å². The highest BCUT2D eigenvalue weighted by Gasteiger charge is 2.16.